The number of pyridine rings is 1. The lowest BCUT2D eigenvalue weighted by molar-refractivity contribution is -0.131. The minimum absolute atomic E-state index is 0.251. The average molecular weight is 464 g/mol. The number of hydrogen-bond acceptors (Lipinski definition) is 4. The second kappa shape index (κ2) is 9.35. The molecule has 1 aromatic heterocycles. The number of likely N-dealkylation sites (tertiary alicyclic amines) is 1. The molecule has 3 aromatic rings. The van der Waals surface area contributed by atoms with Gasteiger partial charge in [0.05, 0.1) is 35.9 Å². The van der Waals surface area contributed by atoms with Gasteiger partial charge in [0.1, 0.15) is 11.9 Å². The number of hydrogen-bond donors (Lipinski definition) is 1. The number of halogens is 3. The van der Waals surface area contributed by atoms with E-state index in [-0.39, 0.29) is 11.4 Å². The van der Waals surface area contributed by atoms with Gasteiger partial charge in [0.2, 0.25) is 5.91 Å². The summed E-state index contributed by atoms with van der Waals surface area (Å²) in [5.74, 6) is -4.82. The smallest absolute Gasteiger partial charge is 0.268 e. The zero-order valence-electron chi connectivity index (χ0n) is 17.8. The van der Waals surface area contributed by atoms with Crippen LogP contribution in [0.4, 0.5) is 13.2 Å². The van der Waals surface area contributed by atoms with Gasteiger partial charge in [-0.25, -0.2) is 18.2 Å². The van der Waals surface area contributed by atoms with E-state index in [2.05, 4.69) is 10.3 Å². The molecule has 0 aliphatic carbocycles. The first-order valence-corrected chi connectivity index (χ1v) is 10.4. The number of nitrogens with zero attached hydrogens (tertiary/aromatic N) is 3. The molecule has 2 aromatic carbocycles. The summed E-state index contributed by atoms with van der Waals surface area (Å²) >= 11 is 0. The lowest BCUT2D eigenvalue weighted by atomic mass is 10.1. The highest BCUT2D eigenvalue weighted by Gasteiger charge is 2.47. The van der Waals surface area contributed by atoms with Crippen molar-refractivity contribution < 1.29 is 22.8 Å². The fraction of sp³-hybridized carbons (Fsp3) is 0.200. The zero-order valence-corrected chi connectivity index (χ0v) is 17.8. The maximum absolute atomic E-state index is 13.6. The molecular weight excluding hydrogens is 445 g/mol. The third-order valence-electron chi connectivity index (χ3n) is 5.44. The number of nitriles is 1. The molecule has 1 aliphatic heterocycles. The molecule has 4 rings (SSSR count). The molecule has 1 fully saturated rings. The highest BCUT2D eigenvalue weighted by Crippen LogP contribution is 2.31. The Morgan fingerprint density at radius 3 is 2.65 bits per heavy atom. The summed E-state index contributed by atoms with van der Waals surface area (Å²) in [6, 6.07) is 14.8. The molecule has 0 saturated carbocycles. The maximum Gasteiger partial charge on any atom is 0.268 e. The van der Waals surface area contributed by atoms with Gasteiger partial charge in [-0.15, -0.1) is 0 Å². The Bertz CT molecular complexity index is 1320. The Balaban J connectivity index is 1.54. The molecule has 0 radical (unpaired) electrons. The maximum atomic E-state index is 13.6. The fourth-order valence-corrected chi connectivity index (χ4v) is 3.77. The van der Waals surface area contributed by atoms with Crippen molar-refractivity contribution in [2.45, 2.75) is 18.4 Å². The minimum Gasteiger partial charge on any atom is -0.343 e. The molecule has 0 spiro atoms. The van der Waals surface area contributed by atoms with Crippen LogP contribution in [-0.2, 0) is 4.79 Å². The molecule has 9 heteroatoms. The van der Waals surface area contributed by atoms with Gasteiger partial charge in [-0.1, -0.05) is 36.4 Å². The summed E-state index contributed by atoms with van der Waals surface area (Å²) < 4.78 is 40.4. The summed E-state index contributed by atoms with van der Waals surface area (Å²) in [7, 11) is 0. The fourth-order valence-electron chi connectivity index (χ4n) is 3.77. The van der Waals surface area contributed by atoms with Crippen LogP contribution in [-0.4, -0.2) is 46.8 Å². The highest BCUT2D eigenvalue weighted by atomic mass is 19.3. The number of amides is 2. The van der Waals surface area contributed by atoms with Gasteiger partial charge in [0.15, 0.2) is 0 Å². The van der Waals surface area contributed by atoms with Gasteiger partial charge in [-0.2, -0.15) is 5.26 Å². The SMILES string of the molecule is N#CC1CC(F)(F)CN1C(=O)CNC(=O)c1cc(C=Cc2ccc(F)cc2)nc2ccccc12. The number of carbonyl (C=O) groups is 2. The predicted molar refractivity (Wildman–Crippen MR) is 120 cm³/mol. The first kappa shape index (κ1) is 23.0. The second-order valence-electron chi connectivity index (χ2n) is 7.91. The first-order chi connectivity index (χ1) is 16.3. The van der Waals surface area contributed by atoms with Crippen LogP contribution in [0, 0.1) is 17.1 Å². The van der Waals surface area contributed by atoms with Crippen LogP contribution in [0.3, 0.4) is 0 Å². The topological polar surface area (TPSA) is 86.1 Å². The molecule has 6 nitrogen and oxygen atoms in total. The number of para-hydroxylation sites is 1. The number of rotatable bonds is 5. The molecule has 2 amide bonds. The lowest BCUT2D eigenvalue weighted by Crippen LogP contribution is -2.43. The standard InChI is InChI=1S/C25H19F3N4O2/c26-17-8-5-16(6-9-17)7-10-18-11-21(20-3-1-2-4-22(20)31-18)24(34)30-14-23(33)32-15-25(27,28)12-19(32)13-29/h1-11,19H,12,14-15H2,(H,30,34). The van der Waals surface area contributed by atoms with Gasteiger partial charge < -0.3 is 10.2 Å². The molecule has 1 N–H and O–H groups in total. The van der Waals surface area contributed by atoms with Crippen LogP contribution in [0.25, 0.3) is 23.1 Å². The van der Waals surface area contributed by atoms with E-state index < -0.39 is 43.3 Å². The quantitative estimate of drug-likeness (QED) is 0.618. The predicted octanol–water partition coefficient (Wildman–Crippen LogP) is 4.03. The van der Waals surface area contributed by atoms with Crippen molar-refractivity contribution >= 4 is 34.9 Å². The minimum atomic E-state index is -3.13. The van der Waals surface area contributed by atoms with Crippen LogP contribution in [0.1, 0.15) is 28.0 Å². The molecule has 2 heterocycles. The van der Waals surface area contributed by atoms with E-state index >= 15 is 0 Å². The number of fused-ring (bicyclic) bond motifs is 1. The summed E-state index contributed by atoms with van der Waals surface area (Å²) in [5.41, 5.74) is 2.00. The second-order valence-corrected chi connectivity index (χ2v) is 7.91. The average Bonchev–Trinajstić information content (AvgIpc) is 3.16. The molecule has 1 saturated heterocycles. The number of nitrogens with one attached hydrogen (secondary N) is 1. The van der Waals surface area contributed by atoms with Crippen LogP contribution in [0.15, 0.2) is 54.6 Å². The third-order valence-corrected chi connectivity index (χ3v) is 5.44. The third kappa shape index (κ3) is 5.07. The molecule has 1 atom stereocenters. The van der Waals surface area contributed by atoms with Gasteiger partial charge >= 0.3 is 0 Å². The first-order valence-electron chi connectivity index (χ1n) is 10.4. The van der Waals surface area contributed by atoms with E-state index in [0.29, 0.717) is 16.6 Å². The van der Waals surface area contributed by atoms with Crippen LogP contribution in [0.5, 0.6) is 0 Å². The Kier molecular flexibility index (Phi) is 6.32. The highest BCUT2D eigenvalue weighted by molar-refractivity contribution is 6.07. The van der Waals surface area contributed by atoms with Crippen molar-refractivity contribution in [1.82, 2.24) is 15.2 Å². The largest absolute Gasteiger partial charge is 0.343 e. The molecule has 1 unspecified atom stereocenters. The van der Waals surface area contributed by atoms with E-state index in [9.17, 15) is 22.8 Å². The Morgan fingerprint density at radius 2 is 1.91 bits per heavy atom. The molecule has 34 heavy (non-hydrogen) atoms. The number of aromatic nitrogens is 1. The van der Waals surface area contributed by atoms with Gasteiger partial charge in [-0.3, -0.25) is 9.59 Å². The van der Waals surface area contributed by atoms with Crippen LogP contribution in [0.2, 0.25) is 0 Å². The van der Waals surface area contributed by atoms with E-state index in [0.717, 1.165) is 10.5 Å². The summed E-state index contributed by atoms with van der Waals surface area (Å²) in [6.45, 7) is -1.37. The van der Waals surface area contributed by atoms with Crippen molar-refractivity contribution in [3.8, 4) is 6.07 Å². The Labute approximate surface area is 193 Å². The van der Waals surface area contributed by atoms with Crippen LogP contribution < -0.4 is 5.32 Å². The Hall–Kier alpha value is -4.19. The molecule has 1 aliphatic rings. The summed E-state index contributed by atoms with van der Waals surface area (Å²) in [5, 5.41) is 12.1. The van der Waals surface area contributed by atoms with Crippen molar-refractivity contribution in [3.63, 3.8) is 0 Å². The number of benzene rings is 2. The Morgan fingerprint density at radius 1 is 1.18 bits per heavy atom. The van der Waals surface area contributed by atoms with Crippen molar-refractivity contribution in [2.24, 2.45) is 0 Å². The number of carbonyl (C=O) groups excluding carboxylic acids is 2. The number of alkyl halides is 2. The van der Waals surface area contributed by atoms with E-state index in [4.69, 9.17) is 5.26 Å². The summed E-state index contributed by atoms with van der Waals surface area (Å²) in [4.78, 5) is 30.7. The van der Waals surface area contributed by atoms with Crippen molar-refractivity contribution in [3.05, 3.63) is 77.2 Å². The monoisotopic (exact) mass is 464 g/mol. The summed E-state index contributed by atoms with van der Waals surface area (Å²) in [6.07, 6.45) is 2.67. The molecule has 172 valence electrons. The van der Waals surface area contributed by atoms with Gasteiger partial charge in [0.25, 0.3) is 11.8 Å². The van der Waals surface area contributed by atoms with Crippen LogP contribution >= 0.6 is 0 Å². The van der Waals surface area contributed by atoms with E-state index in [1.54, 1.807) is 60.7 Å². The van der Waals surface area contributed by atoms with E-state index in [1.165, 1.54) is 12.1 Å². The van der Waals surface area contributed by atoms with Gasteiger partial charge in [0, 0.05) is 11.8 Å². The van der Waals surface area contributed by atoms with E-state index in [1.807, 2.05) is 0 Å². The van der Waals surface area contributed by atoms with Gasteiger partial charge in [-0.05, 0) is 35.9 Å². The molecular formula is C25H19F3N4O2. The zero-order chi connectivity index (χ0) is 24.3. The lowest BCUT2D eigenvalue weighted by Gasteiger charge is -2.19. The van der Waals surface area contributed by atoms with Crippen molar-refractivity contribution in [1.29, 1.82) is 5.26 Å². The van der Waals surface area contributed by atoms with Crippen molar-refractivity contribution in [2.75, 3.05) is 13.1 Å². The normalized spacial score (nSPS) is 17.1. The molecule has 0 bridgehead atoms.